The first-order chi connectivity index (χ1) is 9.43. The summed E-state index contributed by atoms with van der Waals surface area (Å²) in [6, 6.07) is 3.26. The molecule has 0 fully saturated rings. The zero-order valence-electron chi connectivity index (χ0n) is 14.2. The van der Waals surface area contributed by atoms with Crippen LogP contribution in [0.4, 0.5) is 5.82 Å². The van der Waals surface area contributed by atoms with Gasteiger partial charge in [0, 0.05) is 17.7 Å². The van der Waals surface area contributed by atoms with Crippen LogP contribution in [0.3, 0.4) is 0 Å². The molecule has 21 heavy (non-hydrogen) atoms. The minimum atomic E-state index is -0.922. The highest BCUT2D eigenvalue weighted by Crippen LogP contribution is 2.27. The summed E-state index contributed by atoms with van der Waals surface area (Å²) in [6.07, 6.45) is 0. The van der Waals surface area contributed by atoms with E-state index >= 15 is 0 Å². The lowest BCUT2D eigenvalue weighted by atomic mass is 9.81. The molecule has 0 atom stereocenters. The lowest BCUT2D eigenvalue weighted by Gasteiger charge is -2.30. The number of carboxylic acid groups (broad SMARTS) is 1. The summed E-state index contributed by atoms with van der Waals surface area (Å²) >= 11 is 0. The van der Waals surface area contributed by atoms with E-state index in [0.717, 1.165) is 12.2 Å². The fourth-order valence-corrected chi connectivity index (χ4v) is 1.65. The molecule has 2 N–H and O–H groups in total. The van der Waals surface area contributed by atoms with Crippen molar-refractivity contribution in [1.29, 1.82) is 0 Å². The molecule has 0 saturated heterocycles. The highest BCUT2D eigenvalue weighted by atomic mass is 16.4. The Morgan fingerprint density at radius 3 is 2.24 bits per heavy atom. The summed E-state index contributed by atoms with van der Waals surface area (Å²) in [5.74, 6) is 0.234. The average molecular weight is 292 g/mol. The molecule has 118 valence electrons. The van der Waals surface area contributed by atoms with Gasteiger partial charge in [0.15, 0.2) is 0 Å². The van der Waals surface area contributed by atoms with Crippen LogP contribution < -0.4 is 5.32 Å². The Balaban J connectivity index is 3.07. The summed E-state index contributed by atoms with van der Waals surface area (Å²) < 4.78 is 0. The van der Waals surface area contributed by atoms with Gasteiger partial charge in [-0.1, -0.05) is 48.5 Å². The molecular weight excluding hydrogens is 264 g/mol. The van der Waals surface area contributed by atoms with Crippen LogP contribution in [0.5, 0.6) is 0 Å². The third-order valence-corrected chi connectivity index (χ3v) is 4.13. The van der Waals surface area contributed by atoms with Crippen molar-refractivity contribution in [3.8, 4) is 0 Å². The summed E-state index contributed by atoms with van der Waals surface area (Å²) in [5, 5.41) is 12.6. The molecule has 0 aliphatic rings. The summed E-state index contributed by atoms with van der Waals surface area (Å²) in [7, 11) is 0. The first-order valence-electron chi connectivity index (χ1n) is 7.43. The second kappa shape index (κ2) is 6.04. The minimum absolute atomic E-state index is 0.114. The van der Waals surface area contributed by atoms with Crippen molar-refractivity contribution in [2.75, 3.05) is 11.9 Å². The zero-order valence-corrected chi connectivity index (χ0v) is 14.2. The van der Waals surface area contributed by atoms with Crippen LogP contribution in [0, 0.1) is 11.3 Å². The van der Waals surface area contributed by atoms with Crippen molar-refractivity contribution in [2.24, 2.45) is 11.3 Å². The third kappa shape index (κ3) is 4.73. The van der Waals surface area contributed by atoms with Gasteiger partial charge in [-0.3, -0.25) is 0 Å². The summed E-state index contributed by atoms with van der Waals surface area (Å²) in [6.45, 7) is 15.6. The van der Waals surface area contributed by atoms with Crippen LogP contribution in [0.2, 0.25) is 0 Å². The molecule has 1 aromatic heterocycles. The predicted molar refractivity (Wildman–Crippen MR) is 87.0 cm³/mol. The molecule has 1 aromatic rings. The predicted octanol–water partition coefficient (Wildman–Crippen LogP) is 4.17. The first kappa shape index (κ1) is 17.5. The van der Waals surface area contributed by atoms with E-state index in [9.17, 15) is 9.90 Å². The molecule has 0 aliphatic carbocycles. The molecule has 4 nitrogen and oxygen atoms in total. The Hall–Kier alpha value is -1.58. The number of aromatic nitrogens is 1. The number of nitrogens with one attached hydrogen (secondary N) is 1. The summed E-state index contributed by atoms with van der Waals surface area (Å²) in [5.41, 5.74) is 0.991. The lowest BCUT2D eigenvalue weighted by Crippen LogP contribution is -2.29. The largest absolute Gasteiger partial charge is 0.478 e. The average Bonchev–Trinajstić information content (AvgIpc) is 2.34. The maximum absolute atomic E-state index is 11.3. The molecule has 0 aliphatic heterocycles. The van der Waals surface area contributed by atoms with Gasteiger partial charge in [-0.05, 0) is 23.5 Å². The zero-order chi connectivity index (χ0) is 16.4. The highest BCUT2D eigenvalue weighted by molar-refractivity contribution is 5.88. The number of pyridine rings is 1. The van der Waals surface area contributed by atoms with Gasteiger partial charge in [0.05, 0.1) is 5.56 Å². The van der Waals surface area contributed by atoms with Crippen LogP contribution in [0.25, 0.3) is 0 Å². The second-order valence-electron chi connectivity index (χ2n) is 7.68. The van der Waals surface area contributed by atoms with Gasteiger partial charge in [-0.15, -0.1) is 0 Å². The van der Waals surface area contributed by atoms with E-state index in [4.69, 9.17) is 0 Å². The van der Waals surface area contributed by atoms with Crippen molar-refractivity contribution in [3.63, 3.8) is 0 Å². The standard InChI is InChI=1S/C17H28N2O2/c1-11(2)17(6,7)10-18-14-9-12(15(20)21)8-13(19-14)16(3,4)5/h8-9,11H,10H2,1-7H3,(H,18,19)(H,20,21). The lowest BCUT2D eigenvalue weighted by molar-refractivity contribution is 0.0696. The molecule has 0 amide bonds. The number of carbonyl (C=O) groups is 1. The number of nitrogens with zero attached hydrogens (tertiary/aromatic N) is 1. The van der Waals surface area contributed by atoms with Crippen LogP contribution in [-0.2, 0) is 5.41 Å². The Morgan fingerprint density at radius 2 is 1.81 bits per heavy atom. The molecule has 0 aromatic carbocycles. The normalized spacial score (nSPS) is 12.6. The van der Waals surface area contributed by atoms with Gasteiger partial charge in [-0.2, -0.15) is 0 Å². The Bertz CT molecular complexity index is 514. The van der Waals surface area contributed by atoms with E-state index in [-0.39, 0.29) is 16.4 Å². The van der Waals surface area contributed by atoms with Crippen molar-refractivity contribution >= 4 is 11.8 Å². The number of hydrogen-bond donors (Lipinski definition) is 2. The maximum atomic E-state index is 11.3. The molecule has 0 radical (unpaired) electrons. The molecule has 0 bridgehead atoms. The number of hydrogen-bond acceptors (Lipinski definition) is 3. The number of aromatic carboxylic acids is 1. The van der Waals surface area contributed by atoms with Crippen LogP contribution >= 0.6 is 0 Å². The fourth-order valence-electron chi connectivity index (χ4n) is 1.65. The monoisotopic (exact) mass is 292 g/mol. The van der Waals surface area contributed by atoms with E-state index in [1.807, 2.05) is 20.8 Å². The third-order valence-electron chi connectivity index (χ3n) is 4.13. The molecule has 4 heteroatoms. The van der Waals surface area contributed by atoms with E-state index in [1.165, 1.54) is 0 Å². The van der Waals surface area contributed by atoms with Crippen LogP contribution in [0.15, 0.2) is 12.1 Å². The van der Waals surface area contributed by atoms with E-state index in [2.05, 4.69) is 38.0 Å². The van der Waals surface area contributed by atoms with Crippen molar-refractivity contribution in [3.05, 3.63) is 23.4 Å². The molecule has 0 unspecified atom stereocenters. The van der Waals surface area contributed by atoms with Crippen LogP contribution in [0.1, 0.15) is 64.5 Å². The Morgan fingerprint density at radius 1 is 1.24 bits per heavy atom. The molecule has 0 saturated carbocycles. The SMILES string of the molecule is CC(C)C(C)(C)CNc1cc(C(=O)O)cc(C(C)(C)C)n1. The fraction of sp³-hybridized carbons (Fsp3) is 0.647. The number of carboxylic acids is 1. The molecule has 1 rings (SSSR count). The van der Waals surface area contributed by atoms with Gasteiger partial charge in [-0.25, -0.2) is 9.78 Å². The Labute approximate surface area is 128 Å². The summed E-state index contributed by atoms with van der Waals surface area (Å²) in [4.78, 5) is 15.9. The van der Waals surface area contributed by atoms with E-state index in [1.54, 1.807) is 12.1 Å². The van der Waals surface area contributed by atoms with Crippen LogP contribution in [-0.4, -0.2) is 22.6 Å². The number of anilines is 1. The molecular formula is C17H28N2O2. The second-order valence-corrected chi connectivity index (χ2v) is 7.68. The topological polar surface area (TPSA) is 62.2 Å². The minimum Gasteiger partial charge on any atom is -0.478 e. The van der Waals surface area contributed by atoms with Crippen molar-refractivity contribution < 1.29 is 9.90 Å². The smallest absolute Gasteiger partial charge is 0.335 e. The van der Waals surface area contributed by atoms with Crippen molar-refractivity contribution in [2.45, 2.75) is 53.9 Å². The quantitative estimate of drug-likeness (QED) is 0.855. The first-order valence-corrected chi connectivity index (χ1v) is 7.43. The van der Waals surface area contributed by atoms with Gasteiger partial charge in [0.2, 0.25) is 0 Å². The van der Waals surface area contributed by atoms with Gasteiger partial charge < -0.3 is 10.4 Å². The maximum Gasteiger partial charge on any atom is 0.335 e. The Kier molecular flexibility index (Phi) is 5.03. The van der Waals surface area contributed by atoms with Gasteiger partial charge in [0.1, 0.15) is 5.82 Å². The van der Waals surface area contributed by atoms with Gasteiger partial charge >= 0.3 is 5.97 Å². The van der Waals surface area contributed by atoms with Gasteiger partial charge in [0.25, 0.3) is 0 Å². The number of rotatable bonds is 5. The van der Waals surface area contributed by atoms with E-state index < -0.39 is 5.97 Å². The van der Waals surface area contributed by atoms with E-state index in [0.29, 0.717) is 11.7 Å². The molecule has 0 spiro atoms. The molecule has 1 heterocycles. The van der Waals surface area contributed by atoms with Crippen molar-refractivity contribution in [1.82, 2.24) is 4.98 Å². The highest BCUT2D eigenvalue weighted by Gasteiger charge is 2.23.